The topological polar surface area (TPSA) is 94.9 Å². The Hall–Kier alpha value is -3.57. The monoisotopic (exact) mass is 453 g/mol. The number of hydrogen-bond acceptors (Lipinski definition) is 7. The molecule has 0 saturated heterocycles. The van der Waals surface area contributed by atoms with Gasteiger partial charge in [0.05, 0.1) is 23.0 Å². The van der Waals surface area contributed by atoms with Crippen molar-refractivity contribution in [1.29, 1.82) is 0 Å². The number of nitrogens with one attached hydrogen (secondary N) is 2. The Balaban J connectivity index is 2.11. The Morgan fingerprint density at radius 1 is 1.25 bits per heavy atom. The summed E-state index contributed by atoms with van der Waals surface area (Å²) < 4.78 is 51.6. The second-order valence-corrected chi connectivity index (χ2v) is 6.60. The van der Waals surface area contributed by atoms with Crippen LogP contribution in [0.5, 0.6) is 0 Å². The molecule has 32 heavy (non-hydrogen) atoms. The zero-order valence-electron chi connectivity index (χ0n) is 17.7. The number of carbonyl (C=O) groups excluding carboxylic acids is 1. The average molecular weight is 453 g/mol. The molecule has 172 valence electrons. The fraction of sp³-hybridized carbons (Fsp3) is 0.350. The molecular weight excluding hydrogens is 430 g/mol. The van der Waals surface area contributed by atoms with Crippen LogP contribution in [-0.4, -0.2) is 59.4 Å². The van der Waals surface area contributed by atoms with Gasteiger partial charge in [-0.25, -0.2) is 14.4 Å². The molecule has 0 aliphatic carbocycles. The van der Waals surface area contributed by atoms with Crippen LogP contribution in [0, 0.1) is 5.82 Å². The number of amides is 1. The molecule has 0 aliphatic rings. The van der Waals surface area contributed by atoms with Gasteiger partial charge in [0.25, 0.3) is 5.91 Å². The molecule has 1 amide bonds. The summed E-state index contributed by atoms with van der Waals surface area (Å²) in [5.74, 6) is -0.915. The van der Waals surface area contributed by atoms with Crippen LogP contribution in [0.1, 0.15) is 29.8 Å². The summed E-state index contributed by atoms with van der Waals surface area (Å²) in [4.78, 5) is 25.7. The van der Waals surface area contributed by atoms with Crippen molar-refractivity contribution in [1.82, 2.24) is 14.9 Å². The van der Waals surface area contributed by atoms with Crippen LogP contribution in [-0.2, 0) is 6.18 Å². The van der Waals surface area contributed by atoms with E-state index in [4.69, 9.17) is 0 Å². The van der Waals surface area contributed by atoms with Crippen molar-refractivity contribution in [2.24, 2.45) is 10.1 Å². The number of rotatable bonds is 9. The molecule has 2 aromatic rings. The van der Waals surface area contributed by atoms with E-state index in [-0.39, 0.29) is 35.7 Å². The van der Waals surface area contributed by atoms with Crippen molar-refractivity contribution in [3.8, 4) is 0 Å². The first kappa shape index (κ1) is 24.7. The van der Waals surface area contributed by atoms with Crippen molar-refractivity contribution in [3.05, 3.63) is 47.5 Å². The summed E-state index contributed by atoms with van der Waals surface area (Å²) in [7, 11) is 1.56. The molecule has 0 aliphatic heterocycles. The molecule has 1 aromatic heterocycles. The predicted octanol–water partition coefficient (Wildman–Crippen LogP) is 3.70. The summed E-state index contributed by atoms with van der Waals surface area (Å²) >= 11 is 0. The van der Waals surface area contributed by atoms with Gasteiger partial charge in [-0.05, 0) is 32.0 Å². The van der Waals surface area contributed by atoms with Gasteiger partial charge in [-0.1, -0.05) is 0 Å². The minimum absolute atomic E-state index is 0.00409. The van der Waals surface area contributed by atoms with Gasteiger partial charge >= 0.3 is 6.18 Å². The molecular formula is C20H23F4N7O. The smallest absolute Gasteiger partial charge is 0.352 e. The van der Waals surface area contributed by atoms with Gasteiger partial charge in [0.15, 0.2) is 0 Å². The molecule has 1 heterocycles. The summed E-state index contributed by atoms with van der Waals surface area (Å²) in [6.45, 7) is 4.04. The van der Waals surface area contributed by atoms with Crippen LogP contribution >= 0.6 is 0 Å². The number of benzene rings is 1. The van der Waals surface area contributed by atoms with E-state index in [1.165, 1.54) is 29.5 Å². The summed E-state index contributed by atoms with van der Waals surface area (Å²) in [5, 5.41) is 6.69. The first-order valence-corrected chi connectivity index (χ1v) is 9.60. The lowest BCUT2D eigenvalue weighted by molar-refractivity contribution is -0.138. The van der Waals surface area contributed by atoms with Crippen molar-refractivity contribution >= 4 is 30.0 Å². The van der Waals surface area contributed by atoms with Gasteiger partial charge in [-0.3, -0.25) is 15.2 Å². The Kier molecular flexibility index (Phi) is 8.62. The Labute approximate surface area is 182 Å². The van der Waals surface area contributed by atoms with Gasteiger partial charge in [-0.15, -0.1) is 0 Å². The van der Waals surface area contributed by atoms with Crippen molar-refractivity contribution in [3.63, 3.8) is 0 Å². The van der Waals surface area contributed by atoms with Gasteiger partial charge in [-0.2, -0.15) is 18.3 Å². The number of aliphatic imine (C=N–C) groups is 1. The fourth-order valence-electron chi connectivity index (χ4n) is 2.73. The number of anilines is 2. The van der Waals surface area contributed by atoms with Gasteiger partial charge in [0.1, 0.15) is 5.82 Å². The van der Waals surface area contributed by atoms with E-state index in [0.717, 1.165) is 6.07 Å². The molecule has 0 fully saturated rings. The first-order chi connectivity index (χ1) is 15.2. The second kappa shape index (κ2) is 11.2. The third-order valence-corrected chi connectivity index (χ3v) is 4.36. The third-order valence-electron chi connectivity index (χ3n) is 4.36. The summed E-state index contributed by atoms with van der Waals surface area (Å²) in [6, 6.07) is 3.29. The third kappa shape index (κ3) is 6.72. The fourth-order valence-corrected chi connectivity index (χ4v) is 2.73. The number of hydrogen-bond donors (Lipinski definition) is 2. The molecule has 0 bridgehead atoms. The van der Waals surface area contributed by atoms with Crippen LogP contribution in [0.4, 0.5) is 29.2 Å². The van der Waals surface area contributed by atoms with E-state index in [2.05, 4.69) is 30.8 Å². The second-order valence-electron chi connectivity index (χ2n) is 6.60. The number of alkyl halides is 3. The molecule has 2 N–H and O–H groups in total. The van der Waals surface area contributed by atoms with Gasteiger partial charge in [0.2, 0.25) is 5.95 Å². The van der Waals surface area contributed by atoms with E-state index in [9.17, 15) is 22.4 Å². The van der Waals surface area contributed by atoms with Crippen LogP contribution in [0.15, 0.2) is 40.7 Å². The molecule has 8 nitrogen and oxygen atoms in total. The SMILES string of the molecule is CCN(C(=O)c1ccc(F)cc1N/N=C\C=N/C)C(C)CNc1ncc(C(F)(F)F)cn1. The summed E-state index contributed by atoms with van der Waals surface area (Å²) in [6.07, 6.45) is -0.381. The number of halogens is 4. The summed E-state index contributed by atoms with van der Waals surface area (Å²) in [5.41, 5.74) is 2.06. The number of hydrazone groups is 1. The van der Waals surface area contributed by atoms with Crippen LogP contribution < -0.4 is 10.7 Å². The molecule has 2 rings (SSSR count). The zero-order valence-corrected chi connectivity index (χ0v) is 17.7. The highest BCUT2D eigenvalue weighted by Gasteiger charge is 2.31. The number of aromatic nitrogens is 2. The normalized spacial score (nSPS) is 12.8. The molecule has 0 radical (unpaired) electrons. The van der Waals surface area contributed by atoms with Crippen LogP contribution in [0.2, 0.25) is 0 Å². The van der Waals surface area contributed by atoms with E-state index in [0.29, 0.717) is 18.9 Å². The lowest BCUT2D eigenvalue weighted by atomic mass is 10.1. The minimum Gasteiger partial charge on any atom is -0.352 e. The van der Waals surface area contributed by atoms with E-state index in [1.807, 2.05) is 0 Å². The van der Waals surface area contributed by atoms with Crippen molar-refractivity contribution in [2.45, 2.75) is 26.1 Å². The van der Waals surface area contributed by atoms with Crippen LogP contribution in [0.3, 0.4) is 0 Å². The maximum absolute atomic E-state index is 13.7. The molecule has 12 heteroatoms. The average Bonchev–Trinajstić information content (AvgIpc) is 2.75. The minimum atomic E-state index is -4.52. The predicted molar refractivity (Wildman–Crippen MR) is 115 cm³/mol. The highest BCUT2D eigenvalue weighted by Crippen LogP contribution is 2.28. The molecule has 1 atom stereocenters. The number of likely N-dealkylation sites (N-methyl/N-ethyl adjacent to an activating group) is 1. The number of carbonyl (C=O) groups is 1. The Morgan fingerprint density at radius 3 is 2.53 bits per heavy atom. The zero-order chi connectivity index (χ0) is 23.7. The molecule has 1 aromatic carbocycles. The van der Waals surface area contributed by atoms with E-state index >= 15 is 0 Å². The molecule has 0 spiro atoms. The first-order valence-electron chi connectivity index (χ1n) is 9.60. The quantitative estimate of drug-likeness (QED) is 0.343. The van der Waals surface area contributed by atoms with Crippen LogP contribution in [0.25, 0.3) is 0 Å². The molecule has 0 saturated carbocycles. The van der Waals surface area contributed by atoms with E-state index < -0.39 is 17.6 Å². The van der Waals surface area contributed by atoms with Gasteiger partial charge < -0.3 is 10.2 Å². The maximum Gasteiger partial charge on any atom is 0.419 e. The van der Waals surface area contributed by atoms with Crippen molar-refractivity contribution in [2.75, 3.05) is 30.9 Å². The van der Waals surface area contributed by atoms with E-state index in [1.54, 1.807) is 20.9 Å². The highest BCUT2D eigenvalue weighted by molar-refractivity contribution is 6.16. The largest absolute Gasteiger partial charge is 0.419 e. The highest BCUT2D eigenvalue weighted by atomic mass is 19.4. The standard InChI is InChI=1S/C20H23F4N7O/c1-4-31(13(2)10-26-19-27-11-14(12-28-19)20(22,23)24)18(32)16-6-5-15(21)9-17(16)30-29-8-7-25-3/h5-9,11-13,30H,4,10H2,1-3H3,(H,26,27,28)/b25-7-,29-8-. The van der Waals surface area contributed by atoms with Crippen molar-refractivity contribution < 1.29 is 22.4 Å². The Bertz CT molecular complexity index is 961. The number of nitrogens with zero attached hydrogens (tertiary/aromatic N) is 5. The molecule has 1 unspecified atom stereocenters. The van der Waals surface area contributed by atoms with Gasteiger partial charge in [0, 0.05) is 44.8 Å². The lowest BCUT2D eigenvalue weighted by Gasteiger charge is -2.29. The Morgan fingerprint density at radius 2 is 1.94 bits per heavy atom. The lowest BCUT2D eigenvalue weighted by Crippen LogP contribution is -2.42. The maximum atomic E-state index is 13.7.